The molecule has 310 valence electrons. The van der Waals surface area contributed by atoms with Crippen LogP contribution in [0.1, 0.15) is 133 Å². The number of aryl methyl sites for hydroxylation is 3. The fraction of sp³-hybridized carbons (Fsp3) is 0.407. The first kappa shape index (κ1) is 40.7. The first-order chi connectivity index (χ1) is 28.1. The molecule has 0 saturated heterocycles. The van der Waals surface area contributed by atoms with Crippen LogP contribution in [-0.4, -0.2) is 19.9 Å². The van der Waals surface area contributed by atoms with Crippen molar-refractivity contribution in [3.8, 4) is 11.5 Å². The van der Waals surface area contributed by atoms with E-state index >= 15 is 0 Å². The topological polar surface area (TPSA) is 24.9 Å². The molecule has 0 amide bonds. The first-order valence-corrected chi connectivity index (χ1v) is 23.0. The number of hydrogen-bond acceptors (Lipinski definition) is 5. The molecule has 5 aromatic carbocycles. The molecule has 0 saturated carbocycles. The lowest BCUT2D eigenvalue weighted by molar-refractivity contribution is 0.296. The molecule has 0 radical (unpaired) electrons. The Morgan fingerprint density at radius 3 is 1.82 bits per heavy atom. The molecule has 4 nitrogen and oxygen atoms in total. The summed E-state index contributed by atoms with van der Waals surface area (Å²) in [6, 6.07) is 26.8. The highest BCUT2D eigenvalue weighted by atomic mass is 32.1. The van der Waals surface area contributed by atoms with E-state index in [1.54, 1.807) is 0 Å². The van der Waals surface area contributed by atoms with Gasteiger partial charge in [-0.3, -0.25) is 0 Å². The van der Waals surface area contributed by atoms with E-state index in [9.17, 15) is 0 Å². The zero-order valence-corrected chi connectivity index (χ0v) is 39.6. The Bertz CT molecular complexity index is 2710. The average molecular weight is 815 g/mol. The van der Waals surface area contributed by atoms with Gasteiger partial charge in [0.25, 0.3) is 6.71 Å². The van der Waals surface area contributed by atoms with Crippen molar-refractivity contribution in [2.45, 2.75) is 132 Å². The highest BCUT2D eigenvalue weighted by molar-refractivity contribution is 7.33. The number of rotatable bonds is 3. The molecule has 0 N–H and O–H groups in total. The van der Waals surface area contributed by atoms with Crippen LogP contribution in [0.25, 0.3) is 10.1 Å². The van der Waals surface area contributed by atoms with Gasteiger partial charge >= 0.3 is 0 Å². The van der Waals surface area contributed by atoms with Crippen LogP contribution in [0.3, 0.4) is 0 Å². The maximum atomic E-state index is 6.53. The molecule has 0 bridgehead atoms. The van der Waals surface area contributed by atoms with Crippen LogP contribution in [-0.2, 0) is 16.2 Å². The van der Waals surface area contributed by atoms with Crippen LogP contribution in [0.2, 0.25) is 0 Å². The summed E-state index contributed by atoms with van der Waals surface area (Å²) < 4.78 is 15.6. The third-order valence-corrected chi connectivity index (χ3v) is 14.5. The summed E-state index contributed by atoms with van der Waals surface area (Å²) in [7, 11) is 0. The highest BCUT2D eigenvalue weighted by Gasteiger charge is 2.47. The minimum Gasteiger partial charge on any atom is -0.490 e. The number of ether oxygens (including phenoxy) is 2. The molecule has 6 heteroatoms. The van der Waals surface area contributed by atoms with E-state index in [1.165, 1.54) is 98.9 Å². The van der Waals surface area contributed by atoms with Gasteiger partial charge in [-0.1, -0.05) is 106 Å². The molecule has 3 aliphatic heterocycles. The van der Waals surface area contributed by atoms with Crippen LogP contribution in [0.15, 0.2) is 66.7 Å². The predicted molar refractivity (Wildman–Crippen MR) is 261 cm³/mol. The van der Waals surface area contributed by atoms with Gasteiger partial charge in [-0.2, -0.15) is 0 Å². The van der Waals surface area contributed by atoms with Crippen LogP contribution in [0.5, 0.6) is 11.5 Å². The van der Waals surface area contributed by atoms with Gasteiger partial charge in [-0.05, 0) is 136 Å². The lowest BCUT2D eigenvalue weighted by Gasteiger charge is -2.45. The second-order valence-electron chi connectivity index (χ2n) is 21.3. The summed E-state index contributed by atoms with van der Waals surface area (Å²) in [4.78, 5) is 5.29. The van der Waals surface area contributed by atoms with E-state index in [0.29, 0.717) is 19.1 Å². The van der Waals surface area contributed by atoms with Crippen molar-refractivity contribution >= 4 is 78.0 Å². The zero-order valence-electron chi connectivity index (χ0n) is 38.7. The predicted octanol–water partition coefficient (Wildman–Crippen LogP) is 13.4. The van der Waals surface area contributed by atoms with Gasteiger partial charge in [0.15, 0.2) is 11.5 Å². The van der Waals surface area contributed by atoms with Gasteiger partial charge in [0.2, 0.25) is 0 Å². The molecule has 0 unspecified atom stereocenters. The summed E-state index contributed by atoms with van der Waals surface area (Å²) in [6.45, 7) is 36.2. The Kier molecular flexibility index (Phi) is 9.45. The van der Waals surface area contributed by atoms with Crippen LogP contribution >= 0.6 is 11.3 Å². The maximum absolute atomic E-state index is 6.53. The molecule has 0 atom stereocenters. The van der Waals surface area contributed by atoms with Crippen molar-refractivity contribution in [1.82, 2.24) is 0 Å². The van der Waals surface area contributed by atoms with Crippen LogP contribution in [0.4, 0.5) is 34.1 Å². The van der Waals surface area contributed by atoms with Crippen molar-refractivity contribution in [1.29, 1.82) is 0 Å². The van der Waals surface area contributed by atoms with E-state index in [0.717, 1.165) is 23.5 Å². The molecule has 9 rings (SSSR count). The second-order valence-corrected chi connectivity index (χ2v) is 22.4. The summed E-state index contributed by atoms with van der Waals surface area (Å²) >= 11 is 1.99. The van der Waals surface area contributed by atoms with Gasteiger partial charge < -0.3 is 19.3 Å². The van der Waals surface area contributed by atoms with E-state index in [-0.39, 0.29) is 23.0 Å². The van der Waals surface area contributed by atoms with Crippen molar-refractivity contribution in [2.75, 3.05) is 23.0 Å². The normalized spacial score (nSPS) is 15.0. The molecule has 3 aliphatic rings. The third-order valence-electron chi connectivity index (χ3n) is 13.3. The number of fused-ring (bicyclic) bond motifs is 7. The quantitative estimate of drug-likeness (QED) is 0.166. The number of hydrogen-bond donors (Lipinski definition) is 0. The summed E-state index contributed by atoms with van der Waals surface area (Å²) in [5.41, 5.74) is 20.6. The number of anilines is 6. The van der Waals surface area contributed by atoms with Crippen molar-refractivity contribution < 1.29 is 9.47 Å². The minimum absolute atomic E-state index is 0.0104. The Morgan fingerprint density at radius 2 is 1.18 bits per heavy atom. The van der Waals surface area contributed by atoms with Gasteiger partial charge in [-0.25, -0.2) is 0 Å². The fourth-order valence-corrected chi connectivity index (χ4v) is 11.3. The van der Waals surface area contributed by atoms with Crippen molar-refractivity contribution in [2.24, 2.45) is 0 Å². The molecular formula is C54H63BN2O2S. The summed E-state index contributed by atoms with van der Waals surface area (Å²) in [5, 5.41) is 1.34. The highest BCUT2D eigenvalue weighted by Crippen LogP contribution is 2.53. The van der Waals surface area contributed by atoms with E-state index in [4.69, 9.17) is 9.47 Å². The van der Waals surface area contributed by atoms with Crippen LogP contribution < -0.4 is 35.0 Å². The van der Waals surface area contributed by atoms with Crippen LogP contribution in [0, 0.1) is 27.7 Å². The first-order valence-electron chi connectivity index (χ1n) is 22.2. The molecule has 0 fully saturated rings. The smallest absolute Gasteiger partial charge is 0.264 e. The standard InChI is InChI=1S/C54H63BN2O2S/c1-30(2)35-26-42-46-43(27-35)57(47-31(3)23-38(24-32(47)4)54(13,14)15)49-39-28-36(52(7,8)9)18-20-45(39)60-51(49)55(46)40-29-37(53(10,11)12)17-19-41(40)56(42)48-33(5)25-44-50(34(48)6)59-22-16-21-58-44/h17-20,23-30H,16,21-22H2,1-15H3. The van der Waals surface area contributed by atoms with E-state index < -0.39 is 0 Å². The largest absolute Gasteiger partial charge is 0.490 e. The Hall–Kier alpha value is -4.68. The lowest BCUT2D eigenvalue weighted by atomic mass is 9.36. The van der Waals surface area contributed by atoms with Gasteiger partial charge in [0.1, 0.15) is 0 Å². The fourth-order valence-electron chi connectivity index (χ4n) is 9.95. The number of nitrogens with zero attached hydrogens (tertiary/aromatic N) is 2. The van der Waals surface area contributed by atoms with E-state index in [2.05, 4.69) is 180 Å². The monoisotopic (exact) mass is 814 g/mol. The molecule has 4 heterocycles. The average Bonchev–Trinajstić information content (AvgIpc) is 3.37. The summed E-state index contributed by atoms with van der Waals surface area (Å²) in [6.07, 6.45) is 0.871. The molecule has 60 heavy (non-hydrogen) atoms. The van der Waals surface area contributed by atoms with Gasteiger partial charge in [-0.15, -0.1) is 11.3 Å². The molecule has 1 aromatic heterocycles. The number of thiophene rings is 1. The Labute approximate surface area is 364 Å². The zero-order chi connectivity index (χ0) is 43.0. The maximum Gasteiger partial charge on any atom is 0.264 e. The number of benzene rings is 5. The van der Waals surface area contributed by atoms with Crippen molar-refractivity contribution in [3.63, 3.8) is 0 Å². The lowest BCUT2D eigenvalue weighted by Crippen LogP contribution is -2.60. The molecular weight excluding hydrogens is 751 g/mol. The Morgan fingerprint density at radius 1 is 0.600 bits per heavy atom. The second kappa shape index (κ2) is 13.9. The molecule has 6 aromatic rings. The third kappa shape index (κ3) is 6.38. The van der Waals surface area contributed by atoms with E-state index in [1.807, 2.05) is 11.3 Å². The van der Waals surface area contributed by atoms with Gasteiger partial charge in [0, 0.05) is 43.9 Å². The minimum atomic E-state index is -0.0279. The summed E-state index contributed by atoms with van der Waals surface area (Å²) in [5.74, 6) is 2.02. The van der Waals surface area contributed by atoms with Gasteiger partial charge in [0.05, 0.1) is 30.3 Å². The molecule has 0 spiro atoms. The SMILES string of the molecule is Cc1cc(C(C)(C)C)cc(C)c1N1c2cc(C(C)C)cc3c2B(c2cc(C(C)(C)C)ccc2N3c2c(C)cc3c(c2C)OCCCO3)c2sc3ccc(C(C)(C)C)cc3c21. The molecule has 0 aliphatic carbocycles. The Balaban J connectivity index is 1.46. The van der Waals surface area contributed by atoms with Crippen molar-refractivity contribution in [3.05, 3.63) is 111 Å².